The van der Waals surface area contributed by atoms with Crippen molar-refractivity contribution in [2.45, 2.75) is 172 Å². The van der Waals surface area contributed by atoms with Crippen molar-refractivity contribution in [3.05, 3.63) is 12.2 Å². The smallest absolute Gasteiger partial charge is 0.457 e. The maximum atomic E-state index is 12.7. The van der Waals surface area contributed by atoms with E-state index in [-0.39, 0.29) is 13.0 Å². The summed E-state index contributed by atoms with van der Waals surface area (Å²) in [4.78, 5) is 22.8. The molecular weight excluding hydrogens is 619 g/mol. The third-order valence-electron chi connectivity index (χ3n) is 8.14. The molecule has 0 radical (unpaired) electrons. The number of hydrogen-bond acceptors (Lipinski definition) is 11. The fourth-order valence-electron chi connectivity index (χ4n) is 5.22. The van der Waals surface area contributed by atoms with Gasteiger partial charge in [0.2, 0.25) is 0 Å². The fraction of sp³-hybridized carbons (Fsp3) is 0.909. The van der Waals surface area contributed by atoms with E-state index in [0.29, 0.717) is 13.0 Å². The van der Waals surface area contributed by atoms with E-state index in [1.165, 1.54) is 38.5 Å². The highest BCUT2D eigenvalue weighted by atomic mass is 31.2. The van der Waals surface area contributed by atoms with E-state index in [1.54, 1.807) is 0 Å². The summed E-state index contributed by atoms with van der Waals surface area (Å²) in [5.41, 5.74) is 0. The van der Waals surface area contributed by atoms with Crippen LogP contribution >= 0.6 is 7.82 Å². The molecule has 0 aromatic heterocycles. The minimum Gasteiger partial charge on any atom is -0.457 e. The first-order chi connectivity index (χ1) is 22.0. The van der Waals surface area contributed by atoms with Crippen molar-refractivity contribution in [3.8, 4) is 0 Å². The molecule has 0 bridgehead atoms. The lowest BCUT2D eigenvalue weighted by Gasteiger charge is -2.41. The van der Waals surface area contributed by atoms with Gasteiger partial charge < -0.3 is 39.9 Å². The number of esters is 1. The molecule has 272 valence electrons. The van der Waals surface area contributed by atoms with Crippen LogP contribution in [-0.4, -0.2) is 98.9 Å². The highest BCUT2D eigenvalue weighted by molar-refractivity contribution is 7.47. The zero-order valence-corrected chi connectivity index (χ0v) is 29.0. The molecule has 6 unspecified atom stereocenters. The van der Waals surface area contributed by atoms with Crippen molar-refractivity contribution in [1.29, 1.82) is 0 Å². The van der Waals surface area contributed by atoms with Gasteiger partial charge in [-0.05, 0) is 32.1 Å². The minimum atomic E-state index is -4.99. The Kier molecular flexibility index (Phi) is 24.4. The first kappa shape index (κ1) is 43.1. The minimum absolute atomic E-state index is 0.0780. The van der Waals surface area contributed by atoms with E-state index < -0.39 is 63.1 Å². The molecule has 1 aliphatic rings. The largest absolute Gasteiger partial charge is 0.472 e. The van der Waals surface area contributed by atoms with Gasteiger partial charge in [0.05, 0.1) is 13.2 Å². The molecule has 0 amide bonds. The number of aliphatic hydroxyl groups excluding tert-OH is 5. The summed E-state index contributed by atoms with van der Waals surface area (Å²) in [5.74, 6) is -0.488. The van der Waals surface area contributed by atoms with Crippen LogP contribution in [0.1, 0.15) is 129 Å². The Morgan fingerprint density at radius 3 is 1.78 bits per heavy atom. The standard InChI is InChI=1S/C33H63O12P/c1-3-5-7-9-11-12-13-14-15-17-19-21-23-42-24-26(44-27(34)22-20-18-16-10-8-6-4-2)25-43-46(40,41)45-33-31(38)29(36)28(35)30(37)32(33)39/h9,11,26,28-33,35-39H,3-8,10,12-25H2,1-2H3,(H,40,41)/b11-9-. The van der Waals surface area contributed by atoms with Gasteiger partial charge in [-0.25, -0.2) is 4.57 Å². The SMILES string of the molecule is CCCC/C=C\CCCCCCCCOCC(COP(=O)(O)OC1C(O)C(O)C(O)C(O)C1O)OC(=O)CCCCCCCCC. The molecular formula is C33H63O12P. The highest BCUT2D eigenvalue weighted by Crippen LogP contribution is 2.47. The predicted octanol–water partition coefficient (Wildman–Crippen LogP) is 4.85. The monoisotopic (exact) mass is 682 g/mol. The van der Waals surface area contributed by atoms with Crippen LogP contribution < -0.4 is 0 Å². The first-order valence-electron chi connectivity index (χ1n) is 17.5. The van der Waals surface area contributed by atoms with Gasteiger partial charge in [0, 0.05) is 13.0 Å². The van der Waals surface area contributed by atoms with Gasteiger partial charge in [0.15, 0.2) is 0 Å². The number of carbonyl (C=O) groups is 1. The average Bonchev–Trinajstić information content (AvgIpc) is 3.03. The number of ether oxygens (including phenoxy) is 2. The summed E-state index contributed by atoms with van der Waals surface area (Å²) in [5, 5.41) is 49.7. The van der Waals surface area contributed by atoms with Gasteiger partial charge in [-0.1, -0.05) is 103 Å². The van der Waals surface area contributed by atoms with Crippen LogP contribution in [0.4, 0.5) is 0 Å². The second-order valence-corrected chi connectivity index (χ2v) is 13.8. The topological polar surface area (TPSA) is 192 Å². The Morgan fingerprint density at radius 1 is 0.674 bits per heavy atom. The van der Waals surface area contributed by atoms with Crippen LogP contribution in [0.15, 0.2) is 12.2 Å². The van der Waals surface area contributed by atoms with Gasteiger partial charge >= 0.3 is 13.8 Å². The van der Waals surface area contributed by atoms with Crippen molar-refractivity contribution in [1.82, 2.24) is 0 Å². The number of allylic oxidation sites excluding steroid dienone is 2. The predicted molar refractivity (Wildman–Crippen MR) is 175 cm³/mol. The molecule has 6 atom stereocenters. The number of phosphoric ester groups is 1. The molecule has 13 heteroatoms. The molecule has 46 heavy (non-hydrogen) atoms. The van der Waals surface area contributed by atoms with E-state index in [0.717, 1.165) is 64.2 Å². The average molecular weight is 683 g/mol. The Morgan fingerprint density at radius 2 is 1.17 bits per heavy atom. The third-order valence-corrected chi connectivity index (χ3v) is 9.12. The van der Waals surface area contributed by atoms with Crippen LogP contribution in [0.2, 0.25) is 0 Å². The molecule has 0 aromatic carbocycles. The molecule has 1 fully saturated rings. The molecule has 0 aromatic rings. The van der Waals surface area contributed by atoms with Crippen LogP contribution in [0.25, 0.3) is 0 Å². The quantitative estimate of drug-likeness (QED) is 0.0285. The van der Waals surface area contributed by atoms with Gasteiger partial charge in [0.25, 0.3) is 0 Å². The van der Waals surface area contributed by atoms with Crippen molar-refractivity contribution in [2.75, 3.05) is 19.8 Å². The summed E-state index contributed by atoms with van der Waals surface area (Å²) in [6.45, 7) is 4.11. The summed E-state index contributed by atoms with van der Waals surface area (Å²) in [6, 6.07) is 0. The lowest BCUT2D eigenvalue weighted by molar-refractivity contribution is -0.220. The number of aliphatic hydroxyl groups is 5. The van der Waals surface area contributed by atoms with E-state index in [9.17, 15) is 39.8 Å². The Bertz CT molecular complexity index is 827. The number of hydrogen-bond donors (Lipinski definition) is 6. The maximum Gasteiger partial charge on any atom is 0.472 e. The maximum absolute atomic E-state index is 12.7. The molecule has 1 aliphatic carbocycles. The molecule has 12 nitrogen and oxygen atoms in total. The molecule has 6 N–H and O–H groups in total. The summed E-state index contributed by atoms with van der Waals surface area (Å²) in [7, 11) is -4.99. The van der Waals surface area contributed by atoms with Gasteiger partial charge in [-0.15, -0.1) is 0 Å². The molecule has 1 rings (SSSR count). The van der Waals surface area contributed by atoms with E-state index >= 15 is 0 Å². The lowest BCUT2D eigenvalue weighted by atomic mass is 9.85. The second-order valence-electron chi connectivity index (χ2n) is 12.4. The van der Waals surface area contributed by atoms with Gasteiger partial charge in [-0.2, -0.15) is 0 Å². The Balaban J connectivity index is 2.50. The van der Waals surface area contributed by atoms with Gasteiger partial charge in [0.1, 0.15) is 42.7 Å². The first-order valence-corrected chi connectivity index (χ1v) is 19.0. The third kappa shape index (κ3) is 19.2. The van der Waals surface area contributed by atoms with Crippen molar-refractivity contribution in [3.63, 3.8) is 0 Å². The van der Waals surface area contributed by atoms with Crippen molar-refractivity contribution >= 4 is 13.8 Å². The Labute approximate surface area is 276 Å². The molecule has 0 spiro atoms. The fourth-order valence-corrected chi connectivity index (χ4v) is 6.19. The molecule has 1 saturated carbocycles. The molecule has 0 aliphatic heterocycles. The van der Waals surface area contributed by atoms with Crippen LogP contribution in [0, 0.1) is 0 Å². The number of phosphoric acid groups is 1. The lowest BCUT2D eigenvalue weighted by Crippen LogP contribution is -2.64. The summed E-state index contributed by atoms with van der Waals surface area (Å²) in [6.07, 6.45) is 10.4. The van der Waals surface area contributed by atoms with Crippen molar-refractivity contribution in [2.24, 2.45) is 0 Å². The zero-order chi connectivity index (χ0) is 34.2. The van der Waals surface area contributed by atoms with Crippen molar-refractivity contribution < 1.29 is 58.3 Å². The molecule has 0 heterocycles. The van der Waals surface area contributed by atoms with Crippen LogP contribution in [-0.2, 0) is 27.9 Å². The number of rotatable bonds is 28. The Hall–Kier alpha value is -0.920. The second kappa shape index (κ2) is 26.0. The zero-order valence-electron chi connectivity index (χ0n) is 28.1. The summed E-state index contributed by atoms with van der Waals surface area (Å²) < 4.78 is 33.7. The van der Waals surface area contributed by atoms with Gasteiger partial charge in [-0.3, -0.25) is 13.8 Å². The van der Waals surface area contributed by atoms with Crippen LogP contribution in [0.5, 0.6) is 0 Å². The summed E-state index contributed by atoms with van der Waals surface area (Å²) >= 11 is 0. The normalized spacial score (nSPS) is 25.5. The van der Waals surface area contributed by atoms with E-state index in [4.69, 9.17) is 18.5 Å². The van der Waals surface area contributed by atoms with Crippen LogP contribution in [0.3, 0.4) is 0 Å². The molecule has 0 saturated heterocycles. The van der Waals surface area contributed by atoms with E-state index in [1.807, 2.05) is 0 Å². The highest BCUT2D eigenvalue weighted by Gasteiger charge is 2.51. The number of unbranched alkanes of at least 4 members (excludes halogenated alkanes) is 14. The van der Waals surface area contributed by atoms with E-state index in [2.05, 4.69) is 26.0 Å². The number of carbonyl (C=O) groups excluding carboxylic acids is 1.